The summed E-state index contributed by atoms with van der Waals surface area (Å²) < 4.78 is 1.65. The average Bonchev–Trinajstić information content (AvgIpc) is 2.72. The summed E-state index contributed by atoms with van der Waals surface area (Å²) in [5.74, 6) is 0.00521. The van der Waals surface area contributed by atoms with E-state index >= 15 is 0 Å². The predicted molar refractivity (Wildman–Crippen MR) is 62.5 cm³/mol. The van der Waals surface area contributed by atoms with Gasteiger partial charge in [0.2, 0.25) is 0 Å². The zero-order valence-electron chi connectivity index (χ0n) is 9.42. The second-order valence-electron chi connectivity index (χ2n) is 3.74. The molecule has 0 saturated heterocycles. The van der Waals surface area contributed by atoms with E-state index in [-0.39, 0.29) is 11.7 Å². The SMILES string of the molecule is Cn1cncc1C(=O)NCc1cccc(O)c1. The number of hydrogen-bond donors (Lipinski definition) is 2. The van der Waals surface area contributed by atoms with Gasteiger partial charge >= 0.3 is 0 Å². The van der Waals surface area contributed by atoms with E-state index in [9.17, 15) is 9.90 Å². The van der Waals surface area contributed by atoms with Gasteiger partial charge in [-0.1, -0.05) is 12.1 Å². The summed E-state index contributed by atoms with van der Waals surface area (Å²) in [5, 5.41) is 12.0. The van der Waals surface area contributed by atoms with Gasteiger partial charge in [0, 0.05) is 13.6 Å². The predicted octanol–water partition coefficient (Wildman–Crippen LogP) is 1.06. The Balaban J connectivity index is 1.99. The van der Waals surface area contributed by atoms with Crippen molar-refractivity contribution in [1.29, 1.82) is 0 Å². The lowest BCUT2D eigenvalue weighted by Crippen LogP contribution is -2.24. The van der Waals surface area contributed by atoms with Gasteiger partial charge in [-0.2, -0.15) is 0 Å². The molecular formula is C12H13N3O2. The van der Waals surface area contributed by atoms with Crippen LogP contribution in [0, 0.1) is 0 Å². The Morgan fingerprint density at radius 1 is 1.53 bits per heavy atom. The van der Waals surface area contributed by atoms with Crippen molar-refractivity contribution in [2.45, 2.75) is 6.54 Å². The molecule has 2 rings (SSSR count). The summed E-state index contributed by atoms with van der Waals surface area (Å²) >= 11 is 0. The average molecular weight is 231 g/mol. The molecule has 0 radical (unpaired) electrons. The summed E-state index contributed by atoms with van der Waals surface area (Å²) in [5.41, 5.74) is 1.35. The Morgan fingerprint density at radius 2 is 2.35 bits per heavy atom. The first kappa shape index (κ1) is 11.2. The Kier molecular flexibility index (Phi) is 3.09. The largest absolute Gasteiger partial charge is 0.508 e. The van der Waals surface area contributed by atoms with Crippen molar-refractivity contribution in [2.75, 3.05) is 0 Å². The van der Waals surface area contributed by atoms with Gasteiger partial charge in [-0.3, -0.25) is 4.79 Å². The molecule has 2 aromatic rings. The number of aromatic hydroxyl groups is 1. The Morgan fingerprint density at radius 3 is 3.00 bits per heavy atom. The van der Waals surface area contributed by atoms with Crippen molar-refractivity contribution in [3.63, 3.8) is 0 Å². The van der Waals surface area contributed by atoms with E-state index < -0.39 is 0 Å². The molecule has 0 aliphatic rings. The number of nitrogens with zero attached hydrogens (tertiary/aromatic N) is 2. The number of nitrogens with one attached hydrogen (secondary N) is 1. The summed E-state index contributed by atoms with van der Waals surface area (Å²) in [6.07, 6.45) is 3.08. The Bertz CT molecular complexity index is 534. The summed E-state index contributed by atoms with van der Waals surface area (Å²) in [4.78, 5) is 15.6. The fourth-order valence-corrected chi connectivity index (χ4v) is 1.52. The van der Waals surface area contributed by atoms with Crippen molar-refractivity contribution >= 4 is 5.91 Å². The summed E-state index contributed by atoms with van der Waals surface area (Å²) in [6, 6.07) is 6.78. The van der Waals surface area contributed by atoms with Crippen molar-refractivity contribution in [3.8, 4) is 5.75 Å². The molecule has 0 bridgehead atoms. The standard InChI is InChI=1S/C12H13N3O2/c1-15-8-13-7-11(15)12(17)14-6-9-3-2-4-10(16)5-9/h2-5,7-8,16H,6H2,1H3,(H,14,17). The maximum atomic E-state index is 11.8. The third kappa shape index (κ3) is 2.63. The van der Waals surface area contributed by atoms with Gasteiger partial charge < -0.3 is 15.0 Å². The smallest absolute Gasteiger partial charge is 0.269 e. The first-order valence-electron chi connectivity index (χ1n) is 5.19. The lowest BCUT2D eigenvalue weighted by molar-refractivity contribution is 0.0942. The van der Waals surface area contributed by atoms with E-state index in [4.69, 9.17) is 0 Å². The molecule has 1 aromatic heterocycles. The number of aryl methyl sites for hydroxylation is 1. The molecule has 5 heteroatoms. The Hall–Kier alpha value is -2.30. The lowest BCUT2D eigenvalue weighted by atomic mass is 10.2. The molecule has 0 aliphatic carbocycles. The highest BCUT2D eigenvalue weighted by molar-refractivity contribution is 5.92. The monoisotopic (exact) mass is 231 g/mol. The van der Waals surface area contributed by atoms with Crippen LogP contribution < -0.4 is 5.32 Å². The molecule has 0 unspecified atom stereocenters. The summed E-state index contributed by atoms with van der Waals surface area (Å²) in [6.45, 7) is 0.373. The number of rotatable bonds is 3. The van der Waals surface area contributed by atoms with E-state index in [0.29, 0.717) is 12.2 Å². The molecule has 0 spiro atoms. The minimum Gasteiger partial charge on any atom is -0.508 e. The second kappa shape index (κ2) is 4.69. The van der Waals surface area contributed by atoms with Crippen LogP contribution in [0.5, 0.6) is 5.75 Å². The van der Waals surface area contributed by atoms with Gasteiger partial charge in [0.15, 0.2) is 0 Å². The Labute approximate surface area is 98.7 Å². The molecule has 1 aromatic carbocycles. The van der Waals surface area contributed by atoms with Gasteiger partial charge in [-0.05, 0) is 17.7 Å². The molecule has 88 valence electrons. The van der Waals surface area contributed by atoms with E-state index in [1.54, 1.807) is 36.1 Å². The molecular weight excluding hydrogens is 218 g/mol. The van der Waals surface area contributed by atoms with E-state index in [1.165, 1.54) is 6.20 Å². The van der Waals surface area contributed by atoms with Crippen LogP contribution in [0.15, 0.2) is 36.8 Å². The number of carbonyl (C=O) groups is 1. The molecule has 1 amide bonds. The first-order chi connectivity index (χ1) is 8.16. The quantitative estimate of drug-likeness (QED) is 0.829. The van der Waals surface area contributed by atoms with E-state index in [2.05, 4.69) is 10.3 Å². The third-order valence-corrected chi connectivity index (χ3v) is 2.41. The minimum absolute atomic E-state index is 0.187. The molecule has 0 saturated carbocycles. The fourth-order valence-electron chi connectivity index (χ4n) is 1.52. The van der Waals surface area contributed by atoms with Crippen molar-refractivity contribution < 1.29 is 9.90 Å². The summed E-state index contributed by atoms with van der Waals surface area (Å²) in [7, 11) is 1.76. The molecule has 0 atom stereocenters. The van der Waals surface area contributed by atoms with Gasteiger partial charge in [-0.25, -0.2) is 4.98 Å². The number of benzene rings is 1. The topological polar surface area (TPSA) is 67.2 Å². The van der Waals surface area contributed by atoms with E-state index in [1.807, 2.05) is 6.07 Å². The maximum absolute atomic E-state index is 11.8. The molecule has 17 heavy (non-hydrogen) atoms. The van der Waals surface area contributed by atoms with Crippen molar-refractivity contribution in [2.24, 2.45) is 7.05 Å². The van der Waals surface area contributed by atoms with Crippen LogP contribution in [-0.2, 0) is 13.6 Å². The fraction of sp³-hybridized carbons (Fsp3) is 0.167. The lowest BCUT2D eigenvalue weighted by Gasteiger charge is -2.05. The zero-order valence-corrected chi connectivity index (χ0v) is 9.42. The van der Waals surface area contributed by atoms with Crippen LogP contribution in [0.4, 0.5) is 0 Å². The van der Waals surface area contributed by atoms with Crippen molar-refractivity contribution in [1.82, 2.24) is 14.9 Å². The maximum Gasteiger partial charge on any atom is 0.269 e. The minimum atomic E-state index is -0.187. The number of phenolic OH excluding ortho intramolecular Hbond substituents is 1. The van der Waals surface area contributed by atoms with E-state index in [0.717, 1.165) is 5.56 Å². The highest BCUT2D eigenvalue weighted by Crippen LogP contribution is 2.10. The van der Waals surface area contributed by atoms with Crippen LogP contribution in [0.1, 0.15) is 16.1 Å². The normalized spacial score (nSPS) is 10.2. The molecule has 1 heterocycles. The van der Waals surface area contributed by atoms with Gasteiger partial charge in [-0.15, -0.1) is 0 Å². The van der Waals surface area contributed by atoms with Crippen LogP contribution in [0.2, 0.25) is 0 Å². The van der Waals surface area contributed by atoms with Gasteiger partial charge in [0.05, 0.1) is 12.5 Å². The highest BCUT2D eigenvalue weighted by atomic mass is 16.3. The number of imidazole rings is 1. The number of hydrogen-bond acceptors (Lipinski definition) is 3. The molecule has 0 fully saturated rings. The molecule has 0 aliphatic heterocycles. The van der Waals surface area contributed by atoms with Crippen LogP contribution in [0.3, 0.4) is 0 Å². The highest BCUT2D eigenvalue weighted by Gasteiger charge is 2.08. The van der Waals surface area contributed by atoms with Crippen LogP contribution >= 0.6 is 0 Å². The van der Waals surface area contributed by atoms with Gasteiger partial charge in [0.25, 0.3) is 5.91 Å². The van der Waals surface area contributed by atoms with Crippen LogP contribution in [-0.4, -0.2) is 20.6 Å². The second-order valence-corrected chi connectivity index (χ2v) is 3.74. The third-order valence-electron chi connectivity index (χ3n) is 2.41. The number of aromatic nitrogens is 2. The molecule has 5 nitrogen and oxygen atoms in total. The molecule has 2 N–H and O–H groups in total. The van der Waals surface area contributed by atoms with Crippen LogP contribution in [0.25, 0.3) is 0 Å². The zero-order chi connectivity index (χ0) is 12.3. The van der Waals surface area contributed by atoms with Gasteiger partial charge in [0.1, 0.15) is 11.4 Å². The van der Waals surface area contributed by atoms with Crippen molar-refractivity contribution in [3.05, 3.63) is 48.0 Å². The number of phenols is 1. The first-order valence-corrected chi connectivity index (χ1v) is 5.19. The number of amides is 1. The number of carbonyl (C=O) groups excluding carboxylic acids is 1.